The Morgan fingerprint density at radius 1 is 0.708 bits per heavy atom. The Morgan fingerprint density at radius 3 is 2.12 bits per heavy atom. The van der Waals surface area contributed by atoms with Gasteiger partial charge in [0.15, 0.2) is 0 Å². The van der Waals surface area contributed by atoms with Crippen LogP contribution in [0.2, 0.25) is 0 Å². The molecule has 0 unspecified atom stereocenters. The molecule has 0 fully saturated rings. The van der Waals surface area contributed by atoms with E-state index in [2.05, 4.69) is 61.5 Å². The van der Waals surface area contributed by atoms with Crippen molar-refractivity contribution in [1.29, 1.82) is 0 Å². The van der Waals surface area contributed by atoms with Gasteiger partial charge in [-0.15, -0.1) is 0 Å². The lowest BCUT2D eigenvalue weighted by Crippen LogP contribution is -1.87. The van der Waals surface area contributed by atoms with Crippen LogP contribution in [-0.2, 0) is 6.42 Å². The van der Waals surface area contributed by atoms with Gasteiger partial charge in [0.05, 0.1) is 0 Å². The van der Waals surface area contributed by atoms with Crippen LogP contribution in [0.1, 0.15) is 63.9 Å². The van der Waals surface area contributed by atoms with Gasteiger partial charge in [-0.25, -0.2) is 0 Å². The van der Waals surface area contributed by atoms with Gasteiger partial charge in [-0.1, -0.05) is 88.3 Å². The van der Waals surface area contributed by atoms with Crippen molar-refractivity contribution in [2.75, 3.05) is 0 Å². The lowest BCUT2D eigenvalue weighted by Gasteiger charge is -2.06. The normalized spacial score (nSPS) is 11.4. The average molecular weight is 317 g/mol. The summed E-state index contributed by atoms with van der Waals surface area (Å²) >= 11 is 0. The summed E-state index contributed by atoms with van der Waals surface area (Å²) in [5.41, 5.74) is 1.43. The fourth-order valence-electron chi connectivity index (χ4n) is 3.52. The van der Waals surface area contributed by atoms with Gasteiger partial charge < -0.3 is 0 Å². The molecule has 3 rings (SSSR count). The van der Waals surface area contributed by atoms with Gasteiger partial charge >= 0.3 is 0 Å². The molecule has 0 spiro atoms. The summed E-state index contributed by atoms with van der Waals surface area (Å²) in [7, 11) is 0. The van der Waals surface area contributed by atoms with Crippen LogP contribution in [0.3, 0.4) is 0 Å². The fraction of sp³-hybridized carbons (Fsp3) is 0.417. The molecule has 0 heteroatoms. The van der Waals surface area contributed by atoms with Crippen LogP contribution in [0, 0.1) is 6.07 Å². The molecule has 3 aromatic rings. The molecule has 0 bridgehead atoms. The van der Waals surface area contributed by atoms with E-state index < -0.39 is 0 Å². The van der Waals surface area contributed by atoms with E-state index in [1.165, 1.54) is 84.9 Å². The highest BCUT2D eigenvalue weighted by molar-refractivity contribution is 5.98. The van der Waals surface area contributed by atoms with E-state index >= 15 is 0 Å². The lowest BCUT2D eigenvalue weighted by atomic mass is 9.99. The molecular weight excluding hydrogens is 288 g/mol. The van der Waals surface area contributed by atoms with Gasteiger partial charge in [-0.05, 0) is 58.1 Å². The lowest BCUT2D eigenvalue weighted by molar-refractivity contribution is 0.575. The van der Waals surface area contributed by atoms with Crippen molar-refractivity contribution in [1.82, 2.24) is 0 Å². The molecule has 0 saturated carbocycles. The van der Waals surface area contributed by atoms with Crippen molar-refractivity contribution >= 4 is 21.5 Å². The summed E-state index contributed by atoms with van der Waals surface area (Å²) in [5, 5.41) is 5.18. The molecule has 0 nitrogen and oxygen atoms in total. The minimum atomic E-state index is 1.19. The molecule has 1 radical (unpaired) electrons. The maximum absolute atomic E-state index is 3.49. The molecule has 0 atom stereocenters. The Balaban J connectivity index is 1.53. The molecular formula is C24H29. The molecule has 0 aliphatic heterocycles. The monoisotopic (exact) mass is 317 g/mol. The van der Waals surface area contributed by atoms with Gasteiger partial charge in [-0.3, -0.25) is 0 Å². The molecule has 0 saturated heterocycles. The highest BCUT2D eigenvalue weighted by atomic mass is 14.1. The summed E-state index contributed by atoms with van der Waals surface area (Å²) in [6.07, 6.45) is 12.3. The molecule has 0 aromatic heterocycles. The maximum atomic E-state index is 3.49. The Bertz CT molecular complexity index is 769. The molecule has 0 aliphatic rings. The average Bonchev–Trinajstić information content (AvgIpc) is 2.62. The van der Waals surface area contributed by atoms with Crippen LogP contribution < -0.4 is 0 Å². The van der Waals surface area contributed by atoms with E-state index in [1.54, 1.807) is 0 Å². The number of hydrogen-bond acceptors (Lipinski definition) is 0. The molecule has 3 aromatic carbocycles. The van der Waals surface area contributed by atoms with Gasteiger partial charge in [0, 0.05) is 0 Å². The number of benzene rings is 3. The Kier molecular flexibility index (Phi) is 6.29. The molecule has 125 valence electrons. The third-order valence-corrected chi connectivity index (χ3v) is 4.99. The summed E-state index contributed by atoms with van der Waals surface area (Å²) in [6.45, 7) is 2.28. The number of hydrogen-bond donors (Lipinski definition) is 0. The Labute approximate surface area is 146 Å². The first-order valence-corrected chi connectivity index (χ1v) is 9.70. The maximum Gasteiger partial charge on any atom is -0.00961 e. The van der Waals surface area contributed by atoms with E-state index in [1.807, 2.05) is 0 Å². The number of rotatable bonds is 9. The third kappa shape index (κ3) is 4.60. The first kappa shape index (κ1) is 17.0. The number of unbranched alkanes of at least 4 members (excludes halogenated alkanes) is 7. The van der Waals surface area contributed by atoms with Crippen LogP contribution >= 0.6 is 0 Å². The summed E-state index contributed by atoms with van der Waals surface area (Å²) < 4.78 is 0. The fourth-order valence-corrected chi connectivity index (χ4v) is 3.52. The van der Waals surface area contributed by atoms with Gasteiger partial charge in [-0.2, -0.15) is 0 Å². The smallest absolute Gasteiger partial charge is 0.00961 e. The third-order valence-electron chi connectivity index (χ3n) is 4.99. The van der Waals surface area contributed by atoms with Gasteiger partial charge in [0.1, 0.15) is 0 Å². The Morgan fingerprint density at radius 2 is 1.38 bits per heavy atom. The first-order chi connectivity index (χ1) is 11.9. The van der Waals surface area contributed by atoms with E-state index in [0.29, 0.717) is 0 Å². The predicted octanol–water partition coefficient (Wildman–Crippen LogP) is 7.48. The zero-order chi connectivity index (χ0) is 16.6. The molecule has 0 N–H and O–H groups in total. The molecule has 0 heterocycles. The highest BCUT2D eigenvalue weighted by Crippen LogP contribution is 2.24. The summed E-state index contributed by atoms with van der Waals surface area (Å²) in [5.74, 6) is 0. The predicted molar refractivity (Wildman–Crippen MR) is 107 cm³/mol. The summed E-state index contributed by atoms with van der Waals surface area (Å²) in [6, 6.07) is 21.2. The molecule has 24 heavy (non-hydrogen) atoms. The van der Waals surface area contributed by atoms with E-state index in [-0.39, 0.29) is 0 Å². The minimum Gasteiger partial charge on any atom is -0.0654 e. The van der Waals surface area contributed by atoms with Crippen LogP contribution in [-0.4, -0.2) is 0 Å². The number of fused-ring (bicyclic) bond motifs is 2. The van der Waals surface area contributed by atoms with Crippen LogP contribution in [0.25, 0.3) is 21.5 Å². The van der Waals surface area contributed by atoms with E-state index in [4.69, 9.17) is 0 Å². The van der Waals surface area contributed by atoms with Crippen molar-refractivity contribution in [3.63, 3.8) is 0 Å². The van der Waals surface area contributed by atoms with Crippen molar-refractivity contribution in [3.8, 4) is 0 Å². The van der Waals surface area contributed by atoms with Crippen LogP contribution in [0.5, 0.6) is 0 Å². The van der Waals surface area contributed by atoms with Crippen molar-refractivity contribution in [2.24, 2.45) is 0 Å². The number of aryl methyl sites for hydroxylation is 1. The second-order valence-corrected chi connectivity index (χ2v) is 7.02. The second kappa shape index (κ2) is 8.87. The van der Waals surface area contributed by atoms with Crippen molar-refractivity contribution in [2.45, 2.75) is 64.7 Å². The largest absolute Gasteiger partial charge is 0.0654 e. The summed E-state index contributed by atoms with van der Waals surface area (Å²) in [4.78, 5) is 0. The second-order valence-electron chi connectivity index (χ2n) is 7.02. The van der Waals surface area contributed by atoms with E-state index in [0.717, 1.165) is 0 Å². The van der Waals surface area contributed by atoms with Crippen molar-refractivity contribution in [3.05, 3.63) is 60.2 Å². The van der Waals surface area contributed by atoms with Crippen LogP contribution in [0.15, 0.2) is 48.5 Å². The van der Waals surface area contributed by atoms with E-state index in [9.17, 15) is 0 Å². The quantitative estimate of drug-likeness (QED) is 0.283. The topological polar surface area (TPSA) is 0 Å². The highest BCUT2D eigenvalue weighted by Gasteiger charge is 2.01. The van der Waals surface area contributed by atoms with Crippen molar-refractivity contribution < 1.29 is 0 Å². The standard InChI is InChI=1S/C24H29/c1-2-3-4-5-6-7-8-9-12-20-15-16-23-18-21-13-10-11-14-22(21)19-24(23)17-20/h10-11,13-15,17-19H,2-9,12H2,1H3. The zero-order valence-corrected chi connectivity index (χ0v) is 15.0. The molecule has 0 aliphatic carbocycles. The first-order valence-electron chi connectivity index (χ1n) is 9.70. The SMILES string of the molecule is CCCCCCCCCCc1c[c]c2cc3ccccc3cc2c1. The zero-order valence-electron chi connectivity index (χ0n) is 15.0. The van der Waals surface area contributed by atoms with Gasteiger partial charge in [0.2, 0.25) is 0 Å². The van der Waals surface area contributed by atoms with Gasteiger partial charge in [0.25, 0.3) is 0 Å². The van der Waals surface area contributed by atoms with Crippen LogP contribution in [0.4, 0.5) is 0 Å². The Hall–Kier alpha value is -1.82. The minimum absolute atomic E-state index is 1.19. The molecule has 0 amide bonds.